The Hall–Kier alpha value is -2.59. The molecular weight excluding hydrogens is 350 g/mol. The quantitative estimate of drug-likeness (QED) is 0.643. The molecule has 1 saturated heterocycles. The molecule has 0 saturated carbocycles. The number of nitro groups is 1. The zero-order chi connectivity index (χ0) is 18.2. The van der Waals surface area contributed by atoms with Crippen molar-refractivity contribution in [1.29, 1.82) is 0 Å². The lowest BCUT2D eigenvalue weighted by Gasteiger charge is -2.29. The summed E-state index contributed by atoms with van der Waals surface area (Å²) in [6.07, 6.45) is 1.83. The van der Waals surface area contributed by atoms with E-state index in [9.17, 15) is 23.3 Å². The highest BCUT2D eigenvalue weighted by Gasteiger charge is 2.34. The van der Waals surface area contributed by atoms with E-state index in [1.165, 1.54) is 28.7 Å². The molecule has 0 spiro atoms. The standard InChI is InChI=1S/C15H15N3O6S/c19-15(20)10-5-8-17(9-6-10)25(23,24)13-4-3-12(18(21)22)11-2-1-7-16-14(11)13/h1-4,7,10H,5-6,8-9H2,(H,19,20). The SMILES string of the molecule is O=C(O)C1CCN(S(=O)(=O)c2ccc([N+](=O)[O-])c3cccnc23)CC1. The van der Waals surface area contributed by atoms with Crippen LogP contribution in [-0.2, 0) is 14.8 Å². The first-order valence-corrected chi connectivity index (χ1v) is 9.01. The minimum absolute atomic E-state index is 0.0389. The Morgan fingerprint density at radius 1 is 1.28 bits per heavy atom. The molecule has 0 unspecified atom stereocenters. The maximum absolute atomic E-state index is 12.9. The molecule has 1 aromatic carbocycles. The van der Waals surface area contributed by atoms with Crippen molar-refractivity contribution in [1.82, 2.24) is 9.29 Å². The van der Waals surface area contributed by atoms with Crippen LogP contribution in [0.1, 0.15) is 12.8 Å². The minimum atomic E-state index is -3.92. The summed E-state index contributed by atoms with van der Waals surface area (Å²) in [5.74, 6) is -1.49. The van der Waals surface area contributed by atoms with Crippen molar-refractivity contribution in [2.24, 2.45) is 5.92 Å². The summed E-state index contributed by atoms with van der Waals surface area (Å²) in [6, 6.07) is 5.30. The second-order valence-corrected chi connectivity index (χ2v) is 7.66. The van der Waals surface area contributed by atoms with Gasteiger partial charge in [0.15, 0.2) is 0 Å². The van der Waals surface area contributed by atoms with Crippen LogP contribution in [0.25, 0.3) is 10.9 Å². The summed E-state index contributed by atoms with van der Waals surface area (Å²) >= 11 is 0. The molecule has 2 aromatic rings. The topological polar surface area (TPSA) is 131 Å². The number of pyridine rings is 1. The van der Waals surface area contributed by atoms with Gasteiger partial charge < -0.3 is 5.11 Å². The third kappa shape index (κ3) is 3.05. The molecule has 0 amide bonds. The molecule has 1 aliphatic rings. The van der Waals surface area contributed by atoms with Crippen molar-refractivity contribution in [2.75, 3.05) is 13.1 Å². The molecule has 0 radical (unpaired) electrons. The number of carbonyl (C=O) groups is 1. The number of nitro benzene ring substituents is 1. The number of nitrogens with zero attached hydrogens (tertiary/aromatic N) is 3. The largest absolute Gasteiger partial charge is 0.481 e. The number of rotatable bonds is 4. The molecule has 0 aliphatic carbocycles. The normalized spacial score (nSPS) is 16.8. The molecule has 1 fully saturated rings. The van der Waals surface area contributed by atoms with E-state index in [-0.39, 0.29) is 47.4 Å². The first-order chi connectivity index (χ1) is 11.8. The van der Waals surface area contributed by atoms with E-state index in [1.54, 1.807) is 0 Å². The van der Waals surface area contributed by atoms with Crippen LogP contribution < -0.4 is 0 Å². The fraction of sp³-hybridized carbons (Fsp3) is 0.333. The number of hydrogen-bond acceptors (Lipinski definition) is 6. The fourth-order valence-corrected chi connectivity index (χ4v) is 4.60. The molecule has 0 atom stereocenters. The maximum atomic E-state index is 12.9. The highest BCUT2D eigenvalue weighted by molar-refractivity contribution is 7.89. The zero-order valence-electron chi connectivity index (χ0n) is 13.0. The van der Waals surface area contributed by atoms with Crippen molar-refractivity contribution in [3.63, 3.8) is 0 Å². The Labute approximate surface area is 143 Å². The average molecular weight is 365 g/mol. The van der Waals surface area contributed by atoms with Crippen LogP contribution in [0.3, 0.4) is 0 Å². The molecule has 1 aromatic heterocycles. The summed E-state index contributed by atoms with van der Waals surface area (Å²) in [5.41, 5.74) is -0.177. The first kappa shape index (κ1) is 17.2. The van der Waals surface area contributed by atoms with E-state index in [2.05, 4.69) is 4.98 Å². The molecule has 9 nitrogen and oxygen atoms in total. The Bertz CT molecular complexity index is 951. The lowest BCUT2D eigenvalue weighted by atomic mass is 9.99. The molecule has 1 aliphatic heterocycles. The lowest BCUT2D eigenvalue weighted by molar-refractivity contribution is -0.383. The summed E-state index contributed by atoms with van der Waals surface area (Å²) in [4.78, 5) is 25.5. The van der Waals surface area contributed by atoms with Crippen molar-refractivity contribution < 1.29 is 23.2 Å². The van der Waals surface area contributed by atoms with Gasteiger partial charge in [0.1, 0.15) is 4.90 Å². The van der Waals surface area contributed by atoms with E-state index in [0.29, 0.717) is 0 Å². The number of hydrogen-bond donors (Lipinski definition) is 1. The summed E-state index contributed by atoms with van der Waals surface area (Å²) in [7, 11) is -3.92. The van der Waals surface area contributed by atoms with Crippen LogP contribution in [0.15, 0.2) is 35.4 Å². The monoisotopic (exact) mass is 365 g/mol. The molecule has 25 heavy (non-hydrogen) atoms. The first-order valence-electron chi connectivity index (χ1n) is 7.57. The predicted molar refractivity (Wildman–Crippen MR) is 87.5 cm³/mol. The van der Waals surface area contributed by atoms with Crippen LogP contribution in [0.4, 0.5) is 5.69 Å². The van der Waals surface area contributed by atoms with Crippen molar-refractivity contribution in [3.05, 3.63) is 40.6 Å². The van der Waals surface area contributed by atoms with Gasteiger partial charge in [-0.3, -0.25) is 19.9 Å². The van der Waals surface area contributed by atoms with Crippen molar-refractivity contribution in [3.8, 4) is 0 Å². The van der Waals surface area contributed by atoms with Gasteiger partial charge in [0, 0.05) is 25.4 Å². The molecule has 0 bridgehead atoms. The highest BCUT2D eigenvalue weighted by atomic mass is 32.2. The number of non-ortho nitro benzene ring substituents is 1. The van der Waals surface area contributed by atoms with E-state index in [4.69, 9.17) is 5.11 Å². The average Bonchev–Trinajstić information content (AvgIpc) is 2.60. The molecule has 3 rings (SSSR count). The Kier molecular flexibility index (Phi) is 4.39. The minimum Gasteiger partial charge on any atom is -0.481 e. The van der Waals surface area contributed by atoms with Gasteiger partial charge in [0.05, 0.1) is 21.7 Å². The van der Waals surface area contributed by atoms with Gasteiger partial charge in [-0.15, -0.1) is 0 Å². The van der Waals surface area contributed by atoms with E-state index < -0.39 is 26.8 Å². The highest BCUT2D eigenvalue weighted by Crippen LogP contribution is 2.32. The lowest BCUT2D eigenvalue weighted by Crippen LogP contribution is -2.40. The smallest absolute Gasteiger partial charge is 0.306 e. The van der Waals surface area contributed by atoms with Crippen LogP contribution in [0, 0.1) is 16.0 Å². The molecule has 132 valence electrons. The second kappa shape index (κ2) is 6.37. The summed E-state index contributed by atoms with van der Waals surface area (Å²) in [5, 5.41) is 20.3. The molecule has 10 heteroatoms. The molecule has 2 heterocycles. The Balaban J connectivity index is 2.03. The third-order valence-electron chi connectivity index (χ3n) is 4.33. The molecular formula is C15H15N3O6S. The number of piperidine rings is 1. The Morgan fingerprint density at radius 3 is 2.56 bits per heavy atom. The number of fused-ring (bicyclic) bond motifs is 1. The third-order valence-corrected chi connectivity index (χ3v) is 6.26. The Morgan fingerprint density at radius 2 is 1.96 bits per heavy atom. The summed E-state index contributed by atoms with van der Waals surface area (Å²) < 4.78 is 27.1. The number of aromatic nitrogens is 1. The van der Waals surface area contributed by atoms with E-state index in [1.807, 2.05) is 0 Å². The molecule has 1 N–H and O–H groups in total. The van der Waals surface area contributed by atoms with Crippen LogP contribution in [0.5, 0.6) is 0 Å². The van der Waals surface area contributed by atoms with Gasteiger partial charge in [-0.2, -0.15) is 4.31 Å². The van der Waals surface area contributed by atoms with Crippen LogP contribution in [0.2, 0.25) is 0 Å². The van der Waals surface area contributed by atoms with Gasteiger partial charge in [-0.05, 0) is 31.0 Å². The van der Waals surface area contributed by atoms with Gasteiger partial charge in [-0.1, -0.05) is 0 Å². The van der Waals surface area contributed by atoms with Crippen LogP contribution >= 0.6 is 0 Å². The number of carboxylic acid groups (broad SMARTS) is 1. The summed E-state index contributed by atoms with van der Waals surface area (Å²) in [6.45, 7) is 0.176. The van der Waals surface area contributed by atoms with Crippen molar-refractivity contribution >= 4 is 32.6 Å². The predicted octanol–water partition coefficient (Wildman–Crippen LogP) is 1.63. The van der Waals surface area contributed by atoms with Crippen molar-refractivity contribution in [2.45, 2.75) is 17.7 Å². The second-order valence-electron chi connectivity index (χ2n) is 5.76. The number of sulfonamides is 1. The maximum Gasteiger partial charge on any atom is 0.306 e. The van der Waals surface area contributed by atoms with Gasteiger partial charge >= 0.3 is 5.97 Å². The van der Waals surface area contributed by atoms with Gasteiger partial charge in [0.2, 0.25) is 10.0 Å². The van der Waals surface area contributed by atoms with Gasteiger partial charge in [-0.25, -0.2) is 8.42 Å². The van der Waals surface area contributed by atoms with Gasteiger partial charge in [0.25, 0.3) is 5.69 Å². The van der Waals surface area contributed by atoms with Crippen LogP contribution in [-0.4, -0.2) is 46.8 Å². The number of aliphatic carboxylic acids is 1. The van der Waals surface area contributed by atoms with E-state index in [0.717, 1.165) is 6.07 Å². The fourth-order valence-electron chi connectivity index (χ4n) is 2.98. The zero-order valence-corrected chi connectivity index (χ0v) is 13.8. The van der Waals surface area contributed by atoms with E-state index >= 15 is 0 Å². The number of carboxylic acids is 1. The number of benzene rings is 1.